The second kappa shape index (κ2) is 8.23. The van der Waals surface area contributed by atoms with Gasteiger partial charge in [-0.3, -0.25) is 9.59 Å². The number of ether oxygens (including phenoxy) is 3. The molecule has 0 bridgehead atoms. The van der Waals surface area contributed by atoms with E-state index >= 15 is 0 Å². The number of aryl methyl sites for hydroxylation is 1. The van der Waals surface area contributed by atoms with Crippen LogP contribution in [0.15, 0.2) is 36.4 Å². The van der Waals surface area contributed by atoms with Gasteiger partial charge >= 0.3 is 11.8 Å². The van der Waals surface area contributed by atoms with Crippen molar-refractivity contribution in [3.63, 3.8) is 0 Å². The topological polar surface area (TPSA) is 106 Å². The molecule has 8 heteroatoms. The van der Waals surface area contributed by atoms with Crippen molar-refractivity contribution in [3.05, 3.63) is 53.1 Å². The Bertz CT molecular complexity index is 976. The summed E-state index contributed by atoms with van der Waals surface area (Å²) in [5.41, 5.74) is 1.32. The number of aliphatic hydroxyl groups is 1. The van der Waals surface area contributed by atoms with Gasteiger partial charge in [0, 0.05) is 6.54 Å². The maximum atomic E-state index is 12.2. The Hall–Kier alpha value is -3.26. The summed E-state index contributed by atoms with van der Waals surface area (Å²) in [5.74, 6) is 0.444. The molecule has 1 aliphatic heterocycles. The first-order chi connectivity index (χ1) is 14.5. The molecule has 158 valence electrons. The van der Waals surface area contributed by atoms with E-state index in [0.29, 0.717) is 17.9 Å². The van der Waals surface area contributed by atoms with Gasteiger partial charge in [-0.15, -0.1) is 0 Å². The van der Waals surface area contributed by atoms with Crippen LogP contribution in [-0.4, -0.2) is 37.4 Å². The van der Waals surface area contributed by atoms with E-state index in [9.17, 15) is 14.7 Å². The SMILES string of the molecule is COc1ccc2c(c1)CCCC2(O)CNC(=O)C(=O)NCc1ccc2c(c1)OCO2. The third-order valence-electron chi connectivity index (χ3n) is 5.49. The molecule has 0 saturated heterocycles. The number of nitrogens with one attached hydrogen (secondary N) is 2. The minimum Gasteiger partial charge on any atom is -0.497 e. The average molecular weight is 412 g/mol. The lowest BCUT2D eigenvalue weighted by molar-refractivity contribution is -0.140. The second-order valence-electron chi connectivity index (χ2n) is 7.46. The predicted octanol–water partition coefficient (Wildman–Crippen LogP) is 1.38. The molecule has 2 aromatic rings. The largest absolute Gasteiger partial charge is 0.497 e. The van der Waals surface area contributed by atoms with Gasteiger partial charge in [-0.2, -0.15) is 0 Å². The maximum absolute atomic E-state index is 12.2. The number of hydrogen-bond donors (Lipinski definition) is 3. The summed E-state index contributed by atoms with van der Waals surface area (Å²) in [5, 5.41) is 16.2. The van der Waals surface area contributed by atoms with Gasteiger partial charge < -0.3 is 30.0 Å². The molecule has 0 fully saturated rings. The van der Waals surface area contributed by atoms with Gasteiger partial charge in [-0.1, -0.05) is 12.1 Å². The van der Waals surface area contributed by atoms with E-state index in [-0.39, 0.29) is 19.9 Å². The van der Waals surface area contributed by atoms with Gasteiger partial charge in [0.1, 0.15) is 11.4 Å². The third kappa shape index (κ3) is 4.04. The number of benzene rings is 2. The molecule has 0 aromatic heterocycles. The van der Waals surface area contributed by atoms with Gasteiger partial charge in [-0.05, 0) is 60.2 Å². The number of methoxy groups -OCH3 is 1. The molecule has 1 heterocycles. The molecule has 1 unspecified atom stereocenters. The van der Waals surface area contributed by atoms with Crippen LogP contribution in [0.25, 0.3) is 0 Å². The van der Waals surface area contributed by atoms with Crippen molar-refractivity contribution in [2.24, 2.45) is 0 Å². The lowest BCUT2D eigenvalue weighted by Crippen LogP contribution is -2.47. The van der Waals surface area contributed by atoms with E-state index in [4.69, 9.17) is 14.2 Å². The first kappa shape index (κ1) is 20.0. The van der Waals surface area contributed by atoms with Crippen LogP contribution in [0.5, 0.6) is 17.2 Å². The minimum absolute atomic E-state index is 0.0391. The molecule has 4 rings (SSSR count). The van der Waals surface area contributed by atoms with Gasteiger partial charge in [0.25, 0.3) is 0 Å². The molecule has 2 aliphatic rings. The van der Waals surface area contributed by atoms with Crippen LogP contribution in [0.3, 0.4) is 0 Å². The monoisotopic (exact) mass is 412 g/mol. The van der Waals surface area contributed by atoms with Crippen molar-refractivity contribution in [2.45, 2.75) is 31.4 Å². The van der Waals surface area contributed by atoms with Crippen LogP contribution in [0.2, 0.25) is 0 Å². The van der Waals surface area contributed by atoms with Crippen molar-refractivity contribution in [3.8, 4) is 17.2 Å². The van der Waals surface area contributed by atoms with Crippen LogP contribution < -0.4 is 24.8 Å². The summed E-state index contributed by atoms with van der Waals surface area (Å²) >= 11 is 0. The van der Waals surface area contributed by atoms with E-state index in [1.54, 1.807) is 31.4 Å². The molecule has 1 aliphatic carbocycles. The van der Waals surface area contributed by atoms with Gasteiger partial charge in [0.05, 0.1) is 13.7 Å². The van der Waals surface area contributed by atoms with Crippen molar-refractivity contribution in [1.82, 2.24) is 10.6 Å². The summed E-state index contributed by atoms with van der Waals surface area (Å²) in [6.07, 6.45) is 2.12. The Labute approximate surface area is 174 Å². The molecule has 8 nitrogen and oxygen atoms in total. The summed E-state index contributed by atoms with van der Waals surface area (Å²) in [7, 11) is 1.60. The number of rotatable bonds is 5. The quantitative estimate of drug-likeness (QED) is 0.641. The summed E-state index contributed by atoms with van der Waals surface area (Å²) in [6.45, 7) is 0.310. The van der Waals surface area contributed by atoms with Crippen LogP contribution in [0.4, 0.5) is 0 Å². The zero-order chi connectivity index (χ0) is 21.1. The third-order valence-corrected chi connectivity index (χ3v) is 5.49. The maximum Gasteiger partial charge on any atom is 0.309 e. The molecular weight excluding hydrogens is 388 g/mol. The molecule has 0 spiro atoms. The number of amides is 2. The predicted molar refractivity (Wildman–Crippen MR) is 107 cm³/mol. The standard InChI is InChI=1S/C22H24N2O6/c1-28-16-5-6-17-15(10-16)3-2-8-22(17,27)12-24-21(26)20(25)23-11-14-4-7-18-19(9-14)30-13-29-18/h4-7,9-10,27H,2-3,8,11-13H2,1H3,(H,23,25)(H,24,26). The molecule has 2 aromatic carbocycles. The smallest absolute Gasteiger partial charge is 0.309 e. The van der Waals surface area contributed by atoms with E-state index in [1.165, 1.54) is 0 Å². The Morgan fingerprint density at radius 2 is 1.90 bits per heavy atom. The fraction of sp³-hybridized carbons (Fsp3) is 0.364. The van der Waals surface area contributed by atoms with E-state index < -0.39 is 17.4 Å². The van der Waals surface area contributed by atoms with Gasteiger partial charge in [0.15, 0.2) is 11.5 Å². The van der Waals surface area contributed by atoms with Crippen LogP contribution in [-0.2, 0) is 28.2 Å². The van der Waals surface area contributed by atoms with Crippen LogP contribution in [0, 0.1) is 0 Å². The highest BCUT2D eigenvalue weighted by molar-refractivity contribution is 6.35. The first-order valence-electron chi connectivity index (χ1n) is 9.83. The van der Waals surface area contributed by atoms with E-state index in [1.807, 2.05) is 12.1 Å². The zero-order valence-electron chi connectivity index (χ0n) is 16.7. The molecule has 1 atom stereocenters. The van der Waals surface area contributed by atoms with Crippen molar-refractivity contribution >= 4 is 11.8 Å². The van der Waals surface area contributed by atoms with E-state index in [0.717, 1.165) is 35.3 Å². The lowest BCUT2D eigenvalue weighted by atomic mass is 9.79. The summed E-state index contributed by atoms with van der Waals surface area (Å²) in [6, 6.07) is 10.8. The molecule has 0 radical (unpaired) electrons. The molecule has 30 heavy (non-hydrogen) atoms. The number of carbonyl (C=O) groups excluding carboxylic acids is 2. The number of fused-ring (bicyclic) bond motifs is 2. The zero-order valence-corrected chi connectivity index (χ0v) is 16.7. The second-order valence-corrected chi connectivity index (χ2v) is 7.46. The fourth-order valence-electron chi connectivity index (χ4n) is 3.87. The first-order valence-corrected chi connectivity index (χ1v) is 9.83. The minimum atomic E-state index is -1.22. The van der Waals surface area contributed by atoms with Gasteiger partial charge in [-0.25, -0.2) is 0 Å². The highest BCUT2D eigenvalue weighted by Crippen LogP contribution is 2.36. The van der Waals surface area contributed by atoms with Crippen LogP contribution >= 0.6 is 0 Å². The molecular formula is C22H24N2O6. The van der Waals surface area contributed by atoms with Crippen LogP contribution in [0.1, 0.15) is 29.5 Å². The molecule has 2 amide bonds. The Balaban J connectivity index is 1.33. The normalized spacial score (nSPS) is 19.0. The van der Waals surface area contributed by atoms with Crippen molar-refractivity contribution in [1.29, 1.82) is 0 Å². The molecule has 3 N–H and O–H groups in total. The van der Waals surface area contributed by atoms with Crippen molar-refractivity contribution < 1.29 is 28.9 Å². The summed E-state index contributed by atoms with van der Waals surface area (Å²) in [4.78, 5) is 24.4. The number of carbonyl (C=O) groups is 2. The Morgan fingerprint density at radius 3 is 2.73 bits per heavy atom. The fourth-order valence-corrected chi connectivity index (χ4v) is 3.87. The average Bonchev–Trinajstić information content (AvgIpc) is 3.23. The van der Waals surface area contributed by atoms with Crippen molar-refractivity contribution in [2.75, 3.05) is 20.4 Å². The van der Waals surface area contributed by atoms with E-state index in [2.05, 4.69) is 10.6 Å². The lowest BCUT2D eigenvalue weighted by Gasteiger charge is -2.34. The number of hydrogen-bond acceptors (Lipinski definition) is 6. The Morgan fingerprint density at radius 1 is 1.10 bits per heavy atom. The molecule has 0 saturated carbocycles. The highest BCUT2D eigenvalue weighted by atomic mass is 16.7. The highest BCUT2D eigenvalue weighted by Gasteiger charge is 2.35. The Kier molecular flexibility index (Phi) is 5.50. The van der Waals surface area contributed by atoms with Gasteiger partial charge in [0.2, 0.25) is 6.79 Å². The summed E-state index contributed by atoms with van der Waals surface area (Å²) < 4.78 is 15.8.